The Kier molecular flexibility index (Phi) is 6.03. The van der Waals surface area contributed by atoms with Crippen molar-refractivity contribution in [2.24, 2.45) is 0 Å². The molecule has 0 saturated heterocycles. The van der Waals surface area contributed by atoms with E-state index in [4.69, 9.17) is 0 Å². The van der Waals surface area contributed by atoms with Gasteiger partial charge in [-0.15, -0.1) is 0 Å². The lowest BCUT2D eigenvalue weighted by Gasteiger charge is -2.10. The highest BCUT2D eigenvalue weighted by molar-refractivity contribution is 5.88. The Hall–Kier alpha value is -2.22. The van der Waals surface area contributed by atoms with E-state index >= 15 is 0 Å². The molecule has 0 bridgehead atoms. The molecule has 3 aromatic carbocycles. The normalized spacial score (nSPS) is 11.2. The van der Waals surface area contributed by atoms with Crippen LogP contribution in [0.15, 0.2) is 48.5 Å². The van der Waals surface area contributed by atoms with Gasteiger partial charge in [-0.3, -0.25) is 0 Å². The molecule has 3 aromatic rings. The van der Waals surface area contributed by atoms with E-state index in [1.165, 1.54) is 24.8 Å². The second kappa shape index (κ2) is 8.44. The summed E-state index contributed by atoms with van der Waals surface area (Å²) in [7, 11) is 0. The summed E-state index contributed by atoms with van der Waals surface area (Å²) in [5.41, 5.74) is 3.73. The summed E-state index contributed by atoms with van der Waals surface area (Å²) in [6, 6.07) is 15.8. The van der Waals surface area contributed by atoms with Gasteiger partial charge in [0.2, 0.25) is 0 Å². The van der Waals surface area contributed by atoms with Gasteiger partial charge in [-0.25, -0.2) is 8.78 Å². The van der Waals surface area contributed by atoms with Crippen molar-refractivity contribution in [1.29, 1.82) is 0 Å². The molecule has 0 aliphatic heterocycles. The standard InChI is InChI=1S/C24H26F2/c1-3-5-6-8-17-9-11-18(12-10-17)19-13-14-20-15-21(7-4-2)23(25)24(26)22(20)16-19/h9-16H,3-8H2,1-2H3. The largest absolute Gasteiger partial charge is 0.203 e. The van der Waals surface area contributed by atoms with Crippen LogP contribution in [0.2, 0.25) is 0 Å². The highest BCUT2D eigenvalue weighted by Crippen LogP contribution is 2.29. The summed E-state index contributed by atoms with van der Waals surface area (Å²) in [6.07, 6.45) is 6.11. The number of halogens is 2. The maximum atomic E-state index is 14.5. The Bertz CT molecular complexity index is 879. The average Bonchev–Trinajstić information content (AvgIpc) is 2.67. The zero-order valence-electron chi connectivity index (χ0n) is 15.6. The van der Waals surface area contributed by atoms with E-state index in [1.54, 1.807) is 12.1 Å². The average molecular weight is 352 g/mol. The number of hydrogen-bond acceptors (Lipinski definition) is 0. The van der Waals surface area contributed by atoms with Crippen molar-refractivity contribution in [3.8, 4) is 11.1 Å². The zero-order chi connectivity index (χ0) is 18.5. The molecule has 0 aromatic heterocycles. The van der Waals surface area contributed by atoms with Crippen molar-refractivity contribution in [1.82, 2.24) is 0 Å². The van der Waals surface area contributed by atoms with E-state index in [2.05, 4.69) is 31.2 Å². The minimum absolute atomic E-state index is 0.354. The van der Waals surface area contributed by atoms with Gasteiger partial charge in [-0.1, -0.05) is 69.5 Å². The van der Waals surface area contributed by atoms with Crippen molar-refractivity contribution < 1.29 is 8.78 Å². The van der Waals surface area contributed by atoms with Crippen LogP contribution in [0.25, 0.3) is 21.9 Å². The predicted molar refractivity (Wildman–Crippen MR) is 107 cm³/mol. The van der Waals surface area contributed by atoms with Crippen LogP contribution in [0.5, 0.6) is 0 Å². The van der Waals surface area contributed by atoms with Crippen molar-refractivity contribution in [3.05, 3.63) is 71.3 Å². The first-order chi connectivity index (χ1) is 12.6. The summed E-state index contributed by atoms with van der Waals surface area (Å²) in [4.78, 5) is 0. The maximum Gasteiger partial charge on any atom is 0.166 e. The Balaban J connectivity index is 1.91. The second-order valence-electron chi connectivity index (χ2n) is 7.00. The number of benzene rings is 3. The van der Waals surface area contributed by atoms with Gasteiger partial charge in [0.25, 0.3) is 0 Å². The topological polar surface area (TPSA) is 0 Å². The Labute approximate surface area is 154 Å². The molecule has 136 valence electrons. The molecule has 0 nitrogen and oxygen atoms in total. The van der Waals surface area contributed by atoms with E-state index in [1.807, 2.05) is 19.1 Å². The molecule has 0 fully saturated rings. The number of unbranched alkanes of at least 4 members (excludes halogenated alkanes) is 2. The van der Waals surface area contributed by atoms with Crippen molar-refractivity contribution in [2.75, 3.05) is 0 Å². The lowest BCUT2D eigenvalue weighted by molar-refractivity contribution is 0.506. The minimum atomic E-state index is -0.732. The molecular weight excluding hydrogens is 326 g/mol. The third kappa shape index (κ3) is 3.95. The van der Waals surface area contributed by atoms with E-state index in [-0.39, 0.29) is 0 Å². The molecule has 2 heteroatoms. The van der Waals surface area contributed by atoms with Crippen LogP contribution in [0.3, 0.4) is 0 Å². The van der Waals surface area contributed by atoms with Crippen LogP contribution in [-0.2, 0) is 12.8 Å². The molecule has 0 unspecified atom stereocenters. The summed E-state index contributed by atoms with van der Waals surface area (Å²) in [5.74, 6) is -1.44. The zero-order valence-corrected chi connectivity index (χ0v) is 15.6. The van der Waals surface area contributed by atoms with Crippen LogP contribution in [-0.4, -0.2) is 0 Å². The van der Waals surface area contributed by atoms with Crippen LogP contribution in [0.4, 0.5) is 8.78 Å². The summed E-state index contributed by atoms with van der Waals surface area (Å²) in [5, 5.41) is 1.11. The van der Waals surface area contributed by atoms with Crippen LogP contribution in [0.1, 0.15) is 50.7 Å². The van der Waals surface area contributed by atoms with Crippen molar-refractivity contribution >= 4 is 10.8 Å². The van der Waals surface area contributed by atoms with Gasteiger partial charge in [-0.05, 0) is 59.0 Å². The molecule has 0 atom stereocenters. The Morgan fingerprint density at radius 2 is 1.42 bits per heavy atom. The first-order valence-electron chi connectivity index (χ1n) is 9.64. The molecule has 0 amide bonds. The molecule has 26 heavy (non-hydrogen) atoms. The van der Waals surface area contributed by atoms with E-state index in [0.29, 0.717) is 17.4 Å². The fraction of sp³-hybridized carbons (Fsp3) is 0.333. The number of hydrogen-bond donors (Lipinski definition) is 0. The van der Waals surface area contributed by atoms with Crippen LogP contribution in [0, 0.1) is 11.6 Å². The predicted octanol–water partition coefficient (Wildman–Crippen LogP) is 7.47. The monoisotopic (exact) mass is 352 g/mol. The maximum absolute atomic E-state index is 14.5. The van der Waals surface area contributed by atoms with E-state index in [9.17, 15) is 8.78 Å². The van der Waals surface area contributed by atoms with Crippen molar-refractivity contribution in [3.63, 3.8) is 0 Å². The SMILES string of the molecule is CCCCCc1ccc(-c2ccc3cc(CCC)c(F)c(F)c3c2)cc1. The lowest BCUT2D eigenvalue weighted by atomic mass is 9.97. The number of aryl methyl sites for hydroxylation is 2. The summed E-state index contributed by atoms with van der Waals surface area (Å²) >= 11 is 0. The van der Waals surface area contributed by atoms with E-state index < -0.39 is 11.6 Å². The number of fused-ring (bicyclic) bond motifs is 1. The third-order valence-corrected chi connectivity index (χ3v) is 4.97. The smallest absolute Gasteiger partial charge is 0.166 e. The molecule has 0 aliphatic rings. The van der Waals surface area contributed by atoms with E-state index in [0.717, 1.165) is 29.4 Å². The van der Waals surface area contributed by atoms with Gasteiger partial charge >= 0.3 is 0 Å². The van der Waals surface area contributed by atoms with Crippen LogP contribution >= 0.6 is 0 Å². The van der Waals surface area contributed by atoms with Gasteiger partial charge in [0.05, 0.1) is 0 Å². The number of rotatable bonds is 7. The lowest BCUT2D eigenvalue weighted by Crippen LogP contribution is -1.96. The van der Waals surface area contributed by atoms with Gasteiger partial charge < -0.3 is 0 Å². The molecule has 0 heterocycles. The van der Waals surface area contributed by atoms with Gasteiger partial charge in [-0.2, -0.15) is 0 Å². The quantitative estimate of drug-likeness (QED) is 0.387. The molecule has 0 saturated carbocycles. The van der Waals surface area contributed by atoms with Crippen molar-refractivity contribution in [2.45, 2.75) is 52.4 Å². The first-order valence-corrected chi connectivity index (χ1v) is 9.64. The third-order valence-electron chi connectivity index (χ3n) is 4.97. The van der Waals surface area contributed by atoms with Gasteiger partial charge in [0.15, 0.2) is 11.6 Å². The highest BCUT2D eigenvalue weighted by atomic mass is 19.2. The fourth-order valence-electron chi connectivity index (χ4n) is 3.46. The summed E-state index contributed by atoms with van der Waals surface area (Å²) in [6.45, 7) is 4.17. The van der Waals surface area contributed by atoms with Gasteiger partial charge in [0, 0.05) is 5.39 Å². The Morgan fingerprint density at radius 3 is 2.12 bits per heavy atom. The van der Waals surface area contributed by atoms with Crippen LogP contribution < -0.4 is 0 Å². The molecule has 0 aliphatic carbocycles. The highest BCUT2D eigenvalue weighted by Gasteiger charge is 2.13. The first kappa shape index (κ1) is 18.6. The second-order valence-corrected chi connectivity index (χ2v) is 7.00. The minimum Gasteiger partial charge on any atom is -0.203 e. The molecule has 0 N–H and O–H groups in total. The molecule has 0 spiro atoms. The fourth-order valence-corrected chi connectivity index (χ4v) is 3.46. The molecule has 3 rings (SSSR count). The molecular formula is C24H26F2. The Morgan fingerprint density at radius 1 is 0.692 bits per heavy atom. The molecule has 0 radical (unpaired) electrons. The summed E-state index contributed by atoms with van der Waals surface area (Å²) < 4.78 is 28.8. The van der Waals surface area contributed by atoms with Gasteiger partial charge in [0.1, 0.15) is 0 Å².